The summed E-state index contributed by atoms with van der Waals surface area (Å²) >= 11 is 12.1. The van der Waals surface area contributed by atoms with Gasteiger partial charge in [-0.1, -0.05) is 44.0 Å². The number of aliphatic hydroxyl groups is 1. The third-order valence-corrected chi connectivity index (χ3v) is 3.61. The molecule has 0 spiro atoms. The molecule has 0 bridgehead atoms. The summed E-state index contributed by atoms with van der Waals surface area (Å²) in [5.41, 5.74) is 1.07. The molecule has 1 unspecified atom stereocenters. The number of halogens is 2. The van der Waals surface area contributed by atoms with Gasteiger partial charge in [-0.15, -0.1) is 0 Å². The maximum atomic E-state index is 9.11. The fourth-order valence-corrected chi connectivity index (χ4v) is 2.26. The van der Waals surface area contributed by atoms with E-state index < -0.39 is 0 Å². The van der Waals surface area contributed by atoms with Crippen molar-refractivity contribution in [3.05, 3.63) is 33.8 Å². The van der Waals surface area contributed by atoms with Gasteiger partial charge in [0, 0.05) is 29.2 Å². The van der Waals surface area contributed by atoms with Crippen LogP contribution in [0, 0.1) is 5.41 Å². The summed E-state index contributed by atoms with van der Waals surface area (Å²) in [6.07, 6.45) is 0.724. The Morgan fingerprint density at radius 1 is 1.28 bits per heavy atom. The van der Waals surface area contributed by atoms with Crippen LogP contribution >= 0.6 is 23.2 Å². The number of hydrogen-bond donors (Lipinski definition) is 2. The first kappa shape index (κ1) is 15.8. The van der Waals surface area contributed by atoms with Gasteiger partial charge in [0.25, 0.3) is 0 Å². The van der Waals surface area contributed by atoms with Crippen molar-refractivity contribution in [3.63, 3.8) is 0 Å². The molecule has 0 aliphatic rings. The summed E-state index contributed by atoms with van der Waals surface area (Å²) in [5.74, 6) is 0. The SMILES string of the molecule is CC(C)(C)C(CCO)NCc1cc(Cl)ccc1Cl. The van der Waals surface area contributed by atoms with Crippen LogP contribution in [0.5, 0.6) is 0 Å². The first-order chi connectivity index (χ1) is 8.34. The Labute approximate surface area is 119 Å². The van der Waals surface area contributed by atoms with Crippen LogP contribution in [0.15, 0.2) is 18.2 Å². The second-order valence-electron chi connectivity index (χ2n) is 5.55. The third-order valence-electron chi connectivity index (χ3n) is 3.01. The Bertz CT molecular complexity index is 388. The first-order valence-corrected chi connectivity index (χ1v) is 6.88. The Kier molecular flexibility index (Phi) is 5.93. The molecule has 0 amide bonds. The minimum atomic E-state index is 0.0911. The fraction of sp³-hybridized carbons (Fsp3) is 0.571. The van der Waals surface area contributed by atoms with Crippen LogP contribution in [0.4, 0.5) is 0 Å². The highest BCUT2D eigenvalue weighted by molar-refractivity contribution is 6.33. The molecule has 1 atom stereocenters. The Balaban J connectivity index is 2.70. The lowest BCUT2D eigenvalue weighted by molar-refractivity contribution is 0.196. The van der Waals surface area contributed by atoms with Gasteiger partial charge in [0.05, 0.1) is 0 Å². The van der Waals surface area contributed by atoms with Crippen LogP contribution in [-0.4, -0.2) is 17.8 Å². The maximum absolute atomic E-state index is 9.11. The normalized spacial score (nSPS) is 13.7. The summed E-state index contributed by atoms with van der Waals surface area (Å²) in [4.78, 5) is 0. The zero-order valence-electron chi connectivity index (χ0n) is 11.1. The molecular formula is C14H21Cl2NO. The van der Waals surface area contributed by atoms with E-state index in [1.807, 2.05) is 6.07 Å². The molecule has 0 heterocycles. The van der Waals surface area contributed by atoms with Gasteiger partial charge in [0.15, 0.2) is 0 Å². The van der Waals surface area contributed by atoms with Crippen molar-refractivity contribution in [1.29, 1.82) is 0 Å². The van der Waals surface area contributed by atoms with Gasteiger partial charge in [0.2, 0.25) is 0 Å². The highest BCUT2D eigenvalue weighted by Crippen LogP contribution is 2.24. The molecule has 0 aliphatic heterocycles. The zero-order valence-corrected chi connectivity index (χ0v) is 12.6. The molecular weight excluding hydrogens is 269 g/mol. The lowest BCUT2D eigenvalue weighted by Crippen LogP contribution is -2.40. The topological polar surface area (TPSA) is 32.3 Å². The van der Waals surface area contributed by atoms with Crippen LogP contribution in [0.2, 0.25) is 10.0 Å². The number of rotatable bonds is 5. The molecule has 102 valence electrons. The first-order valence-electron chi connectivity index (χ1n) is 6.12. The highest BCUT2D eigenvalue weighted by atomic mass is 35.5. The number of nitrogens with one attached hydrogen (secondary N) is 1. The summed E-state index contributed by atoms with van der Waals surface area (Å²) in [7, 11) is 0. The van der Waals surface area contributed by atoms with Gasteiger partial charge in [0.1, 0.15) is 0 Å². The Morgan fingerprint density at radius 2 is 1.94 bits per heavy atom. The lowest BCUT2D eigenvalue weighted by atomic mass is 9.85. The van der Waals surface area contributed by atoms with Crippen molar-refractivity contribution < 1.29 is 5.11 Å². The predicted octanol–water partition coefficient (Wildman–Crippen LogP) is 3.88. The van der Waals surface area contributed by atoms with Crippen LogP contribution in [-0.2, 0) is 6.54 Å². The molecule has 1 rings (SSSR count). The van der Waals surface area contributed by atoms with E-state index in [-0.39, 0.29) is 18.1 Å². The van der Waals surface area contributed by atoms with Crippen molar-refractivity contribution in [2.75, 3.05) is 6.61 Å². The molecule has 4 heteroatoms. The molecule has 0 saturated carbocycles. The van der Waals surface area contributed by atoms with Gasteiger partial charge < -0.3 is 10.4 Å². The smallest absolute Gasteiger partial charge is 0.0451 e. The molecule has 18 heavy (non-hydrogen) atoms. The largest absolute Gasteiger partial charge is 0.396 e. The van der Waals surface area contributed by atoms with Crippen molar-refractivity contribution >= 4 is 23.2 Å². The van der Waals surface area contributed by atoms with Crippen molar-refractivity contribution in [2.45, 2.75) is 39.8 Å². The molecule has 1 aromatic rings. The van der Waals surface area contributed by atoms with E-state index in [1.54, 1.807) is 12.1 Å². The van der Waals surface area contributed by atoms with Gasteiger partial charge in [-0.3, -0.25) is 0 Å². The summed E-state index contributed by atoms with van der Waals surface area (Å²) < 4.78 is 0. The molecule has 0 aliphatic carbocycles. The number of aliphatic hydroxyl groups excluding tert-OH is 1. The van der Waals surface area contributed by atoms with Crippen molar-refractivity contribution in [1.82, 2.24) is 5.32 Å². The minimum absolute atomic E-state index is 0.0911. The van der Waals surface area contributed by atoms with Crippen LogP contribution in [0.25, 0.3) is 0 Å². The maximum Gasteiger partial charge on any atom is 0.0451 e. The van der Waals surface area contributed by atoms with Crippen LogP contribution < -0.4 is 5.32 Å². The zero-order chi connectivity index (χ0) is 13.8. The molecule has 0 saturated heterocycles. The van der Waals surface area contributed by atoms with Gasteiger partial charge >= 0.3 is 0 Å². The van der Waals surface area contributed by atoms with E-state index in [1.165, 1.54) is 0 Å². The van der Waals surface area contributed by atoms with E-state index in [4.69, 9.17) is 28.3 Å². The van der Waals surface area contributed by atoms with E-state index in [0.717, 1.165) is 12.0 Å². The summed E-state index contributed by atoms with van der Waals surface area (Å²) in [6, 6.07) is 5.69. The Hall–Kier alpha value is -0.280. The summed E-state index contributed by atoms with van der Waals surface area (Å²) in [6.45, 7) is 7.29. The quantitative estimate of drug-likeness (QED) is 0.862. The standard InChI is InChI=1S/C14H21Cl2NO/c1-14(2,3)13(6-7-18)17-9-10-8-11(15)4-5-12(10)16/h4-5,8,13,17-18H,6-7,9H2,1-3H3. The van der Waals surface area contributed by atoms with Gasteiger partial charge in [-0.05, 0) is 35.6 Å². The molecule has 0 fully saturated rings. The monoisotopic (exact) mass is 289 g/mol. The van der Waals surface area contributed by atoms with Gasteiger partial charge in [-0.25, -0.2) is 0 Å². The predicted molar refractivity (Wildman–Crippen MR) is 78.2 cm³/mol. The third kappa shape index (κ3) is 4.77. The van der Waals surface area contributed by atoms with Gasteiger partial charge in [-0.2, -0.15) is 0 Å². The molecule has 1 aromatic carbocycles. The average Bonchev–Trinajstić information content (AvgIpc) is 2.27. The van der Waals surface area contributed by atoms with E-state index in [0.29, 0.717) is 16.6 Å². The van der Waals surface area contributed by atoms with Crippen molar-refractivity contribution in [3.8, 4) is 0 Å². The average molecular weight is 290 g/mol. The number of hydrogen-bond acceptors (Lipinski definition) is 2. The Morgan fingerprint density at radius 3 is 2.50 bits per heavy atom. The van der Waals surface area contributed by atoms with Crippen LogP contribution in [0.3, 0.4) is 0 Å². The fourth-order valence-electron chi connectivity index (χ4n) is 1.88. The molecule has 2 N–H and O–H groups in total. The summed E-state index contributed by atoms with van der Waals surface area (Å²) in [5, 5.41) is 13.9. The van der Waals surface area contributed by atoms with Crippen molar-refractivity contribution in [2.24, 2.45) is 5.41 Å². The highest BCUT2D eigenvalue weighted by Gasteiger charge is 2.23. The lowest BCUT2D eigenvalue weighted by Gasteiger charge is -2.31. The molecule has 2 nitrogen and oxygen atoms in total. The minimum Gasteiger partial charge on any atom is -0.396 e. The van der Waals surface area contributed by atoms with E-state index in [9.17, 15) is 0 Å². The second-order valence-corrected chi connectivity index (χ2v) is 6.39. The van der Waals surface area contributed by atoms with E-state index >= 15 is 0 Å². The second kappa shape index (κ2) is 6.76. The molecule has 0 radical (unpaired) electrons. The van der Waals surface area contributed by atoms with E-state index in [2.05, 4.69) is 26.1 Å². The molecule has 0 aromatic heterocycles. The van der Waals surface area contributed by atoms with Crippen LogP contribution in [0.1, 0.15) is 32.8 Å². The number of benzene rings is 1.